The number of alkyl halides is 1. The third kappa shape index (κ3) is 13.3. The van der Waals surface area contributed by atoms with Crippen molar-refractivity contribution in [2.45, 2.75) is 44.9 Å². The first kappa shape index (κ1) is 36.6. The molecule has 0 aliphatic carbocycles. The molecule has 0 aliphatic heterocycles. The van der Waals surface area contributed by atoms with Gasteiger partial charge in [0.1, 0.15) is 18.4 Å². The van der Waals surface area contributed by atoms with E-state index in [1.165, 1.54) is 16.8 Å². The van der Waals surface area contributed by atoms with Crippen LogP contribution in [0.5, 0.6) is 0 Å². The van der Waals surface area contributed by atoms with E-state index in [1.807, 2.05) is 6.92 Å². The Morgan fingerprint density at radius 2 is 1.49 bits per heavy atom. The molecule has 1 amide bonds. The van der Waals surface area contributed by atoms with Crippen molar-refractivity contribution in [3.05, 3.63) is 41.7 Å². The fraction of sp³-hybridized carbons (Fsp3) is 0.667. The lowest BCUT2D eigenvalue weighted by atomic mass is 10.0. The molecule has 0 radical (unpaired) electrons. The fourth-order valence-electron chi connectivity index (χ4n) is 3.91. The van der Waals surface area contributed by atoms with E-state index in [4.69, 9.17) is 23.7 Å². The predicted molar refractivity (Wildman–Crippen MR) is 153 cm³/mol. The fourth-order valence-corrected chi connectivity index (χ4v) is 5.62. The van der Waals surface area contributed by atoms with Gasteiger partial charge in [-0.25, -0.2) is 18.3 Å². The number of aromatic nitrogens is 3. The quantitative estimate of drug-likeness (QED) is 0.0975. The zero-order chi connectivity index (χ0) is 31.5. The first-order valence-corrected chi connectivity index (χ1v) is 15.5. The molecule has 1 aromatic heterocycles. The summed E-state index contributed by atoms with van der Waals surface area (Å²) >= 11 is 0. The second kappa shape index (κ2) is 20.4. The van der Waals surface area contributed by atoms with Crippen LogP contribution in [-0.2, 0) is 51.7 Å². The van der Waals surface area contributed by atoms with Gasteiger partial charge in [-0.3, -0.25) is 14.7 Å². The summed E-state index contributed by atoms with van der Waals surface area (Å²) in [5.41, 5.74) is 3.03. The van der Waals surface area contributed by atoms with E-state index in [2.05, 4.69) is 10.3 Å². The first-order valence-electron chi connectivity index (χ1n) is 14.1. The van der Waals surface area contributed by atoms with Gasteiger partial charge in [0.2, 0.25) is 10.0 Å². The van der Waals surface area contributed by atoms with Crippen LogP contribution < -0.4 is 5.48 Å². The van der Waals surface area contributed by atoms with Crippen LogP contribution >= 0.6 is 0 Å². The number of nitrogens with one attached hydrogen (secondary N) is 1. The van der Waals surface area contributed by atoms with Gasteiger partial charge >= 0.3 is 0 Å². The third-order valence-electron chi connectivity index (χ3n) is 6.04. The number of amides is 1. The SMILES string of the molecule is Cc1ccc(S(=O)(=O)N(CCn2cc(COCCOCCOCCOCCOCCF)nn2)[C@@H](C(=O)NO)C(C)C)cc1. The number of benzene rings is 1. The molecule has 2 aromatic rings. The predicted octanol–water partition coefficient (Wildman–Crippen LogP) is 1.36. The zero-order valence-electron chi connectivity index (χ0n) is 25.0. The Morgan fingerprint density at radius 1 is 0.953 bits per heavy atom. The van der Waals surface area contributed by atoms with Gasteiger partial charge < -0.3 is 23.7 Å². The standard InChI is InChI=1S/C27H44FN5O9S/c1-22(2)26(27(34)30-35)33(43(36,37)25-6-4-23(3)5-7-25)10-9-32-20-24(29-31-32)21-42-19-18-41-17-16-40-15-14-39-13-12-38-11-8-28/h4-7,20,22,26,35H,8-19,21H2,1-3H3,(H,30,34)/t26-/m1/s1. The summed E-state index contributed by atoms with van der Waals surface area (Å²) in [7, 11) is -4.09. The van der Waals surface area contributed by atoms with Gasteiger partial charge in [0.25, 0.3) is 5.91 Å². The number of aryl methyl sites for hydroxylation is 1. The summed E-state index contributed by atoms with van der Waals surface area (Å²) in [5, 5.41) is 17.4. The molecule has 0 saturated carbocycles. The Labute approximate surface area is 252 Å². The molecule has 1 heterocycles. The van der Waals surface area contributed by atoms with E-state index in [0.717, 1.165) is 9.87 Å². The number of rotatable bonds is 24. The minimum atomic E-state index is -4.09. The van der Waals surface area contributed by atoms with Crippen molar-refractivity contribution in [1.29, 1.82) is 0 Å². The number of hydrogen-bond acceptors (Lipinski definition) is 11. The lowest BCUT2D eigenvalue weighted by Crippen LogP contribution is -2.52. The Kier molecular flexibility index (Phi) is 17.4. The van der Waals surface area contributed by atoms with Crippen molar-refractivity contribution in [3.63, 3.8) is 0 Å². The van der Waals surface area contributed by atoms with Gasteiger partial charge in [-0.15, -0.1) is 5.10 Å². The highest BCUT2D eigenvalue weighted by Gasteiger charge is 2.37. The van der Waals surface area contributed by atoms with Crippen molar-refractivity contribution in [1.82, 2.24) is 24.8 Å². The number of sulfonamides is 1. The van der Waals surface area contributed by atoms with Crippen LogP contribution in [0, 0.1) is 12.8 Å². The second-order valence-electron chi connectivity index (χ2n) is 9.76. The molecule has 2 N–H and O–H groups in total. The average Bonchev–Trinajstić information content (AvgIpc) is 3.44. The number of carbonyl (C=O) groups is 1. The van der Waals surface area contributed by atoms with E-state index in [9.17, 15) is 22.8 Å². The summed E-state index contributed by atoms with van der Waals surface area (Å²) in [6, 6.07) is 5.18. The van der Waals surface area contributed by atoms with Gasteiger partial charge in [0.05, 0.1) is 83.7 Å². The molecular formula is C27H44FN5O9S. The lowest BCUT2D eigenvalue weighted by molar-refractivity contribution is -0.134. The molecular weight excluding hydrogens is 589 g/mol. The Morgan fingerprint density at radius 3 is 2.00 bits per heavy atom. The van der Waals surface area contributed by atoms with E-state index in [-0.39, 0.29) is 31.2 Å². The van der Waals surface area contributed by atoms with Crippen molar-refractivity contribution in [3.8, 4) is 0 Å². The topological polar surface area (TPSA) is 164 Å². The molecule has 0 unspecified atom stereocenters. The summed E-state index contributed by atoms with van der Waals surface area (Å²) < 4.78 is 68.2. The summed E-state index contributed by atoms with van der Waals surface area (Å²) in [6.45, 7) is 8.08. The van der Waals surface area contributed by atoms with Crippen LogP contribution in [-0.4, -0.2) is 118 Å². The van der Waals surface area contributed by atoms with E-state index < -0.39 is 34.6 Å². The van der Waals surface area contributed by atoms with Crippen molar-refractivity contribution < 1.29 is 46.5 Å². The van der Waals surface area contributed by atoms with Crippen LogP contribution in [0.1, 0.15) is 25.1 Å². The van der Waals surface area contributed by atoms with Crippen LogP contribution in [0.15, 0.2) is 35.4 Å². The molecule has 0 spiro atoms. The number of halogens is 1. The number of ether oxygens (including phenoxy) is 5. The molecule has 14 nitrogen and oxygen atoms in total. The minimum absolute atomic E-state index is 0.0401. The van der Waals surface area contributed by atoms with Gasteiger partial charge in [0, 0.05) is 6.54 Å². The summed E-state index contributed by atoms with van der Waals surface area (Å²) in [6.07, 6.45) is 1.64. The van der Waals surface area contributed by atoms with Gasteiger partial charge in [-0.1, -0.05) is 36.8 Å². The van der Waals surface area contributed by atoms with Gasteiger partial charge in [-0.05, 0) is 25.0 Å². The smallest absolute Gasteiger partial charge is 0.262 e. The highest BCUT2D eigenvalue weighted by Crippen LogP contribution is 2.23. The van der Waals surface area contributed by atoms with Crippen molar-refractivity contribution in [2.75, 3.05) is 72.7 Å². The van der Waals surface area contributed by atoms with E-state index in [1.54, 1.807) is 37.7 Å². The molecule has 16 heteroatoms. The number of carbonyl (C=O) groups excluding carboxylic acids is 1. The number of hydroxylamine groups is 1. The van der Waals surface area contributed by atoms with Crippen molar-refractivity contribution >= 4 is 15.9 Å². The van der Waals surface area contributed by atoms with Crippen LogP contribution in [0.25, 0.3) is 0 Å². The molecule has 2 rings (SSSR count). The monoisotopic (exact) mass is 633 g/mol. The maximum absolute atomic E-state index is 13.6. The van der Waals surface area contributed by atoms with Crippen molar-refractivity contribution in [2.24, 2.45) is 5.92 Å². The average molecular weight is 634 g/mol. The first-order chi connectivity index (χ1) is 20.7. The molecule has 1 atom stereocenters. The third-order valence-corrected chi connectivity index (χ3v) is 7.94. The number of nitrogens with zero attached hydrogens (tertiary/aromatic N) is 4. The summed E-state index contributed by atoms with van der Waals surface area (Å²) in [4.78, 5) is 12.5. The molecule has 43 heavy (non-hydrogen) atoms. The van der Waals surface area contributed by atoms with Crippen LogP contribution in [0.4, 0.5) is 4.39 Å². The van der Waals surface area contributed by atoms with E-state index >= 15 is 0 Å². The molecule has 0 saturated heterocycles. The maximum atomic E-state index is 13.6. The molecule has 244 valence electrons. The van der Waals surface area contributed by atoms with Crippen LogP contribution in [0.2, 0.25) is 0 Å². The zero-order valence-corrected chi connectivity index (χ0v) is 25.8. The normalized spacial score (nSPS) is 12.7. The molecule has 0 aliphatic rings. The highest BCUT2D eigenvalue weighted by atomic mass is 32.2. The van der Waals surface area contributed by atoms with E-state index in [0.29, 0.717) is 58.5 Å². The Bertz CT molecular complexity index is 1150. The molecule has 0 bridgehead atoms. The number of hydrogen-bond donors (Lipinski definition) is 2. The maximum Gasteiger partial charge on any atom is 0.262 e. The largest absolute Gasteiger partial charge is 0.377 e. The molecule has 0 fully saturated rings. The molecule has 1 aromatic carbocycles. The Balaban J connectivity index is 1.76. The Hall–Kier alpha value is -2.57. The second-order valence-corrected chi connectivity index (χ2v) is 11.6. The van der Waals surface area contributed by atoms with Crippen LogP contribution in [0.3, 0.4) is 0 Å². The van der Waals surface area contributed by atoms with Gasteiger partial charge in [0.15, 0.2) is 0 Å². The minimum Gasteiger partial charge on any atom is -0.377 e. The highest BCUT2D eigenvalue weighted by molar-refractivity contribution is 7.89. The van der Waals surface area contributed by atoms with Gasteiger partial charge in [-0.2, -0.15) is 4.31 Å². The summed E-state index contributed by atoms with van der Waals surface area (Å²) in [5.74, 6) is -1.25. The lowest BCUT2D eigenvalue weighted by Gasteiger charge is -2.31.